The maximum Gasteiger partial charge on any atom is 1.00 e. The van der Waals surface area contributed by atoms with Crippen molar-refractivity contribution < 1.29 is 44.3 Å². The molecule has 0 saturated carbocycles. The molecule has 0 N–H and O–H groups in total. The summed E-state index contributed by atoms with van der Waals surface area (Å²) in [6.45, 7) is 0. The third kappa shape index (κ3) is 3.46. The van der Waals surface area contributed by atoms with E-state index in [0.717, 1.165) is 6.08 Å². The number of carboxylic acids is 1. The summed E-state index contributed by atoms with van der Waals surface area (Å²) in [5.74, 6) is -1.35. The fourth-order valence-electron chi connectivity index (χ4n) is 0.968. The normalized spacial score (nSPS) is 10.1. The first-order chi connectivity index (χ1) is 6.25. The van der Waals surface area contributed by atoms with Gasteiger partial charge in [0, 0.05) is 5.57 Å². The van der Waals surface area contributed by atoms with E-state index in [1.54, 1.807) is 30.3 Å². The maximum atomic E-state index is 10.6. The number of aldehydes is 1. The largest absolute Gasteiger partial charge is 1.00 e. The second-order valence-corrected chi connectivity index (χ2v) is 2.37. The van der Waals surface area contributed by atoms with Crippen molar-refractivity contribution in [2.24, 2.45) is 0 Å². The summed E-state index contributed by atoms with van der Waals surface area (Å²) in [6, 6.07) is 8.35. The van der Waals surface area contributed by atoms with E-state index in [1.807, 2.05) is 0 Å². The Morgan fingerprint density at radius 2 is 1.79 bits per heavy atom. The van der Waals surface area contributed by atoms with Gasteiger partial charge in [0.15, 0.2) is 0 Å². The summed E-state index contributed by atoms with van der Waals surface area (Å²) in [5.41, 5.74) is 0.366. The van der Waals surface area contributed by atoms with Crippen LogP contribution in [0.25, 0.3) is 5.57 Å². The minimum Gasteiger partial charge on any atom is -0.545 e. The number of hydrogen-bond donors (Lipinski definition) is 0. The third-order valence-electron chi connectivity index (χ3n) is 1.54. The van der Waals surface area contributed by atoms with Gasteiger partial charge in [-0.2, -0.15) is 0 Å². The maximum absolute atomic E-state index is 10.6. The van der Waals surface area contributed by atoms with Crippen LogP contribution in [0.5, 0.6) is 0 Å². The first-order valence-electron chi connectivity index (χ1n) is 3.68. The second-order valence-electron chi connectivity index (χ2n) is 2.37. The number of carbonyl (C=O) groups excluding carboxylic acids is 2. The Kier molecular flexibility index (Phi) is 6.12. The van der Waals surface area contributed by atoms with E-state index in [2.05, 4.69) is 0 Å². The van der Waals surface area contributed by atoms with Crippen molar-refractivity contribution in [2.75, 3.05) is 0 Å². The molecule has 14 heavy (non-hydrogen) atoms. The van der Waals surface area contributed by atoms with Gasteiger partial charge in [0.1, 0.15) is 6.29 Å². The molecule has 0 atom stereocenters. The molecule has 3 nitrogen and oxygen atoms in total. The molecule has 4 heteroatoms. The van der Waals surface area contributed by atoms with E-state index < -0.39 is 5.97 Å². The molecule has 0 saturated heterocycles. The van der Waals surface area contributed by atoms with Crippen LogP contribution in [-0.2, 0) is 9.59 Å². The predicted molar refractivity (Wildman–Crippen MR) is 45.5 cm³/mol. The molecule has 0 aromatic heterocycles. The third-order valence-corrected chi connectivity index (χ3v) is 1.54. The van der Waals surface area contributed by atoms with Gasteiger partial charge in [-0.1, -0.05) is 30.3 Å². The molecule has 0 amide bonds. The molecule has 0 spiro atoms. The molecule has 0 aliphatic rings. The Morgan fingerprint density at radius 3 is 2.21 bits per heavy atom. The zero-order valence-electron chi connectivity index (χ0n) is 7.77. The molecule has 0 aliphatic heterocycles. The van der Waals surface area contributed by atoms with Crippen LogP contribution in [0.2, 0.25) is 0 Å². The van der Waals surface area contributed by atoms with Gasteiger partial charge in [0.25, 0.3) is 0 Å². The minimum atomic E-state index is -1.35. The molecule has 0 radical (unpaired) electrons. The SMILES string of the molecule is O=C/C=C(\C(=O)[O-])c1ccccc1.[Na+]. The molecule has 0 bridgehead atoms. The Balaban J connectivity index is 0.00000169. The Bertz CT molecular complexity index is 344. The molecule has 0 unspecified atom stereocenters. The summed E-state index contributed by atoms with van der Waals surface area (Å²) < 4.78 is 0. The molecule has 0 aliphatic carbocycles. The number of hydrogen-bond acceptors (Lipinski definition) is 3. The van der Waals surface area contributed by atoms with Gasteiger partial charge in [-0.3, -0.25) is 4.79 Å². The summed E-state index contributed by atoms with van der Waals surface area (Å²) >= 11 is 0. The number of rotatable bonds is 3. The quantitative estimate of drug-likeness (QED) is 0.296. The fraction of sp³-hybridized carbons (Fsp3) is 0. The molecule has 66 valence electrons. The van der Waals surface area contributed by atoms with E-state index in [9.17, 15) is 14.7 Å². The molecule has 0 fully saturated rings. The summed E-state index contributed by atoms with van der Waals surface area (Å²) in [6.07, 6.45) is 1.41. The Morgan fingerprint density at radius 1 is 1.21 bits per heavy atom. The first-order valence-corrected chi connectivity index (χ1v) is 3.68. The van der Waals surface area contributed by atoms with E-state index in [1.165, 1.54) is 0 Å². The Hall–Kier alpha value is -0.900. The van der Waals surface area contributed by atoms with Crippen LogP contribution in [0.15, 0.2) is 36.4 Å². The Labute approximate surface area is 104 Å². The van der Waals surface area contributed by atoms with Crippen molar-refractivity contribution >= 4 is 17.8 Å². The molecule has 0 heterocycles. The van der Waals surface area contributed by atoms with Gasteiger partial charge in [0.2, 0.25) is 0 Å². The smallest absolute Gasteiger partial charge is 0.545 e. The molecule has 1 rings (SSSR count). The number of benzene rings is 1. The van der Waals surface area contributed by atoms with Crippen LogP contribution in [-0.4, -0.2) is 12.3 Å². The van der Waals surface area contributed by atoms with Gasteiger partial charge >= 0.3 is 29.6 Å². The number of allylic oxidation sites excluding steroid dienone is 1. The number of carboxylic acid groups (broad SMARTS) is 1. The molecular formula is C10H7NaO3. The van der Waals surface area contributed by atoms with E-state index in [0.29, 0.717) is 11.8 Å². The van der Waals surface area contributed by atoms with Crippen LogP contribution >= 0.6 is 0 Å². The molecule has 1 aromatic carbocycles. The predicted octanol–water partition coefficient (Wildman–Crippen LogP) is -2.98. The fourth-order valence-corrected chi connectivity index (χ4v) is 0.968. The monoisotopic (exact) mass is 198 g/mol. The number of aliphatic carboxylic acids is 1. The van der Waals surface area contributed by atoms with Crippen LogP contribution < -0.4 is 34.7 Å². The summed E-state index contributed by atoms with van der Waals surface area (Å²) in [5, 5.41) is 10.6. The van der Waals surface area contributed by atoms with E-state index >= 15 is 0 Å². The minimum absolute atomic E-state index is 0. The van der Waals surface area contributed by atoms with Crippen LogP contribution in [0.3, 0.4) is 0 Å². The summed E-state index contributed by atoms with van der Waals surface area (Å²) in [4.78, 5) is 20.7. The zero-order valence-corrected chi connectivity index (χ0v) is 9.77. The van der Waals surface area contributed by atoms with Crippen LogP contribution in [0.1, 0.15) is 5.56 Å². The van der Waals surface area contributed by atoms with Crippen LogP contribution in [0.4, 0.5) is 0 Å². The van der Waals surface area contributed by atoms with E-state index in [4.69, 9.17) is 0 Å². The van der Waals surface area contributed by atoms with Gasteiger partial charge < -0.3 is 9.90 Å². The first kappa shape index (κ1) is 13.1. The van der Waals surface area contributed by atoms with Crippen molar-refractivity contribution in [3.8, 4) is 0 Å². The van der Waals surface area contributed by atoms with Gasteiger partial charge in [-0.25, -0.2) is 0 Å². The van der Waals surface area contributed by atoms with Crippen molar-refractivity contribution in [2.45, 2.75) is 0 Å². The van der Waals surface area contributed by atoms with Crippen LogP contribution in [0, 0.1) is 0 Å². The van der Waals surface area contributed by atoms with Crippen molar-refractivity contribution in [1.82, 2.24) is 0 Å². The second kappa shape index (κ2) is 6.54. The van der Waals surface area contributed by atoms with Gasteiger partial charge in [-0.15, -0.1) is 0 Å². The molecule has 1 aromatic rings. The van der Waals surface area contributed by atoms with Gasteiger partial charge in [0.05, 0.1) is 5.97 Å². The van der Waals surface area contributed by atoms with Gasteiger partial charge in [-0.05, 0) is 11.6 Å². The number of carbonyl (C=O) groups is 2. The van der Waals surface area contributed by atoms with E-state index in [-0.39, 0.29) is 35.1 Å². The van der Waals surface area contributed by atoms with Crippen molar-refractivity contribution in [1.29, 1.82) is 0 Å². The van der Waals surface area contributed by atoms with Crippen molar-refractivity contribution in [3.05, 3.63) is 42.0 Å². The standard InChI is InChI=1S/C10H8O3.Na/c11-7-6-9(10(12)13)8-4-2-1-3-5-8;/h1-7H,(H,12,13);/q;+1/p-1/b9-6-;. The average molecular weight is 198 g/mol. The molecular weight excluding hydrogens is 191 g/mol. The van der Waals surface area contributed by atoms with Crippen molar-refractivity contribution in [3.63, 3.8) is 0 Å². The summed E-state index contributed by atoms with van der Waals surface area (Å²) in [7, 11) is 0. The topological polar surface area (TPSA) is 57.2 Å². The average Bonchev–Trinajstić information content (AvgIpc) is 2.15. The zero-order chi connectivity index (χ0) is 9.68.